The number of hydrogen-bond donors (Lipinski definition) is 1. The molecule has 0 spiro atoms. The van der Waals surface area contributed by atoms with Crippen LogP contribution in [0.5, 0.6) is 0 Å². The molecule has 4 nitrogen and oxygen atoms in total. The fourth-order valence-electron chi connectivity index (χ4n) is 3.82. The summed E-state index contributed by atoms with van der Waals surface area (Å²) in [5.74, 6) is -0.0396. The molecule has 142 valence electrons. The molecule has 1 aliphatic rings. The minimum absolute atomic E-state index is 0.0396. The first-order valence-electron chi connectivity index (χ1n) is 9.53. The Morgan fingerprint density at radius 1 is 0.893 bits per heavy atom. The van der Waals surface area contributed by atoms with Crippen molar-refractivity contribution in [2.45, 2.75) is 11.6 Å². The Balaban J connectivity index is 1.90. The van der Waals surface area contributed by atoms with E-state index in [2.05, 4.69) is 5.32 Å². The molecule has 1 aliphatic heterocycles. The van der Waals surface area contributed by atoms with E-state index in [1.807, 2.05) is 98.0 Å². The summed E-state index contributed by atoms with van der Waals surface area (Å²) in [6, 6.07) is 29.4. The number of para-hydroxylation sites is 1. The van der Waals surface area contributed by atoms with Crippen LogP contribution >= 0.6 is 0 Å². The van der Waals surface area contributed by atoms with Gasteiger partial charge in [-0.25, -0.2) is 0 Å². The number of amides is 1. The zero-order valence-corrected chi connectivity index (χ0v) is 15.9. The maximum absolute atomic E-state index is 13.6. The molecule has 1 saturated heterocycles. The minimum atomic E-state index is -1.15. The van der Waals surface area contributed by atoms with Crippen LogP contribution in [0.1, 0.15) is 17.2 Å². The number of rotatable bonds is 5. The Labute approximate surface area is 165 Å². The number of hydrogen-bond acceptors (Lipinski definition) is 3. The first-order chi connectivity index (χ1) is 13.7. The largest absolute Gasteiger partial charge is 0.375 e. The van der Waals surface area contributed by atoms with E-state index in [4.69, 9.17) is 4.74 Å². The van der Waals surface area contributed by atoms with Gasteiger partial charge in [0.05, 0.1) is 12.6 Å². The molecule has 3 aromatic rings. The molecule has 1 heterocycles. The summed E-state index contributed by atoms with van der Waals surface area (Å²) in [6.45, 7) is 1.07. The van der Waals surface area contributed by atoms with Crippen molar-refractivity contribution in [3.63, 3.8) is 0 Å². The van der Waals surface area contributed by atoms with Crippen LogP contribution < -0.4 is 5.32 Å². The molecule has 0 aliphatic carbocycles. The van der Waals surface area contributed by atoms with Gasteiger partial charge in [0.25, 0.3) is 5.91 Å². The van der Waals surface area contributed by atoms with Crippen molar-refractivity contribution in [1.29, 1.82) is 0 Å². The Hall–Kier alpha value is -3.11. The summed E-state index contributed by atoms with van der Waals surface area (Å²) in [6.07, 6.45) is 0. The molecule has 4 heteroatoms. The van der Waals surface area contributed by atoms with Crippen molar-refractivity contribution in [3.8, 4) is 0 Å². The number of morpholine rings is 1. The smallest absolute Gasteiger partial charge is 0.261 e. The zero-order valence-electron chi connectivity index (χ0n) is 15.9. The number of nitrogens with zero attached hydrogens (tertiary/aromatic N) is 1. The van der Waals surface area contributed by atoms with Gasteiger partial charge in [-0.05, 0) is 23.3 Å². The maximum atomic E-state index is 13.6. The number of likely N-dealkylation sites (N-methyl/N-ethyl adjacent to an activating group) is 1. The third kappa shape index (κ3) is 3.27. The van der Waals surface area contributed by atoms with Gasteiger partial charge in [0.15, 0.2) is 5.60 Å². The highest BCUT2D eigenvalue weighted by Gasteiger charge is 2.52. The molecular formula is C24H24N2O2. The number of benzene rings is 3. The van der Waals surface area contributed by atoms with Crippen LogP contribution in [0.4, 0.5) is 5.69 Å². The summed E-state index contributed by atoms with van der Waals surface area (Å²) in [5, 5.41) is 3.58. The van der Waals surface area contributed by atoms with Gasteiger partial charge in [-0.3, -0.25) is 4.79 Å². The predicted molar refractivity (Wildman–Crippen MR) is 111 cm³/mol. The van der Waals surface area contributed by atoms with Crippen molar-refractivity contribution in [1.82, 2.24) is 4.90 Å². The van der Waals surface area contributed by atoms with Gasteiger partial charge in [0, 0.05) is 19.3 Å². The first-order valence-corrected chi connectivity index (χ1v) is 9.53. The highest BCUT2D eigenvalue weighted by atomic mass is 16.5. The molecule has 3 aromatic carbocycles. The van der Waals surface area contributed by atoms with Crippen molar-refractivity contribution >= 4 is 11.6 Å². The predicted octanol–water partition coefficient (Wildman–Crippen LogP) is 4.22. The van der Waals surface area contributed by atoms with Gasteiger partial charge >= 0.3 is 0 Å². The van der Waals surface area contributed by atoms with Crippen LogP contribution in [-0.4, -0.2) is 31.0 Å². The quantitative estimate of drug-likeness (QED) is 0.729. The fraction of sp³-hybridized carbons (Fsp3) is 0.208. The normalized spacial score (nSPS) is 20.6. The molecule has 0 aromatic heterocycles. The van der Waals surface area contributed by atoms with Crippen molar-refractivity contribution in [2.24, 2.45) is 0 Å². The van der Waals surface area contributed by atoms with Gasteiger partial charge < -0.3 is 15.0 Å². The van der Waals surface area contributed by atoms with E-state index in [1.54, 1.807) is 4.90 Å². The summed E-state index contributed by atoms with van der Waals surface area (Å²) in [7, 11) is 1.84. The van der Waals surface area contributed by atoms with E-state index in [9.17, 15) is 4.79 Å². The van der Waals surface area contributed by atoms with Crippen LogP contribution in [0.25, 0.3) is 0 Å². The number of nitrogens with one attached hydrogen (secondary N) is 1. The number of carbonyl (C=O) groups excluding carboxylic acids is 1. The van der Waals surface area contributed by atoms with Crippen molar-refractivity contribution < 1.29 is 9.53 Å². The second kappa shape index (κ2) is 7.87. The van der Waals surface area contributed by atoms with Crippen LogP contribution in [0.15, 0.2) is 91.0 Å². The lowest BCUT2D eigenvalue weighted by atomic mass is 9.80. The van der Waals surface area contributed by atoms with E-state index in [1.165, 1.54) is 0 Å². The molecule has 0 bridgehead atoms. The molecule has 0 saturated carbocycles. The second-order valence-corrected chi connectivity index (χ2v) is 7.03. The van der Waals surface area contributed by atoms with E-state index < -0.39 is 5.60 Å². The summed E-state index contributed by atoms with van der Waals surface area (Å²) in [4.78, 5) is 15.4. The van der Waals surface area contributed by atoms with Crippen LogP contribution in [0.3, 0.4) is 0 Å². The maximum Gasteiger partial charge on any atom is 0.261 e. The first kappa shape index (κ1) is 18.3. The lowest BCUT2D eigenvalue weighted by Crippen LogP contribution is -2.57. The molecule has 28 heavy (non-hydrogen) atoms. The van der Waals surface area contributed by atoms with E-state index in [-0.39, 0.29) is 11.9 Å². The van der Waals surface area contributed by atoms with Crippen LogP contribution in [0, 0.1) is 0 Å². The Bertz CT molecular complexity index is 915. The van der Waals surface area contributed by atoms with E-state index >= 15 is 0 Å². The standard InChI is InChI=1S/C24H24N2O2/c1-26-17-18-28-24(23(26)27,20-13-7-3-8-14-20)22(19-11-5-2-6-12-19)25-21-15-9-4-10-16-21/h2-16,22,25H,17-18H2,1H3. The molecular weight excluding hydrogens is 348 g/mol. The lowest BCUT2D eigenvalue weighted by Gasteiger charge is -2.45. The third-order valence-corrected chi connectivity index (χ3v) is 5.25. The second-order valence-electron chi connectivity index (χ2n) is 7.03. The van der Waals surface area contributed by atoms with Gasteiger partial charge in [-0.15, -0.1) is 0 Å². The van der Waals surface area contributed by atoms with E-state index in [0.29, 0.717) is 13.2 Å². The van der Waals surface area contributed by atoms with Crippen molar-refractivity contribution in [3.05, 3.63) is 102 Å². The van der Waals surface area contributed by atoms with E-state index in [0.717, 1.165) is 16.8 Å². The number of carbonyl (C=O) groups is 1. The zero-order chi connectivity index (χ0) is 19.4. The van der Waals surface area contributed by atoms with Gasteiger partial charge in [0.1, 0.15) is 0 Å². The Morgan fingerprint density at radius 2 is 1.46 bits per heavy atom. The number of anilines is 1. The van der Waals surface area contributed by atoms with Crippen LogP contribution in [0.2, 0.25) is 0 Å². The Kier molecular flexibility index (Phi) is 5.13. The Morgan fingerprint density at radius 3 is 2.11 bits per heavy atom. The van der Waals surface area contributed by atoms with Crippen LogP contribution in [-0.2, 0) is 15.1 Å². The third-order valence-electron chi connectivity index (χ3n) is 5.25. The molecule has 1 amide bonds. The number of ether oxygens (including phenoxy) is 1. The highest BCUT2D eigenvalue weighted by Crippen LogP contribution is 2.43. The van der Waals surface area contributed by atoms with Gasteiger partial charge in [0.2, 0.25) is 0 Å². The fourth-order valence-corrected chi connectivity index (χ4v) is 3.82. The molecule has 2 unspecified atom stereocenters. The topological polar surface area (TPSA) is 41.6 Å². The SMILES string of the molecule is CN1CCOC(c2ccccc2)(C(Nc2ccccc2)c2ccccc2)C1=O. The average Bonchev–Trinajstić information content (AvgIpc) is 2.76. The molecule has 4 rings (SSSR count). The summed E-state index contributed by atoms with van der Waals surface area (Å²) < 4.78 is 6.37. The average molecular weight is 372 g/mol. The molecule has 1 fully saturated rings. The molecule has 1 N–H and O–H groups in total. The van der Waals surface area contributed by atoms with Gasteiger partial charge in [-0.2, -0.15) is 0 Å². The van der Waals surface area contributed by atoms with Gasteiger partial charge in [-0.1, -0.05) is 78.9 Å². The summed E-state index contributed by atoms with van der Waals surface area (Å²) in [5.41, 5.74) is 1.64. The summed E-state index contributed by atoms with van der Waals surface area (Å²) >= 11 is 0. The molecule has 0 radical (unpaired) electrons. The monoisotopic (exact) mass is 372 g/mol. The lowest BCUT2D eigenvalue weighted by molar-refractivity contribution is -0.175. The highest BCUT2D eigenvalue weighted by molar-refractivity contribution is 5.89. The minimum Gasteiger partial charge on any atom is -0.375 e. The van der Waals surface area contributed by atoms with Crippen molar-refractivity contribution in [2.75, 3.05) is 25.5 Å². The molecule has 2 atom stereocenters.